The Hall–Kier alpha value is -1.82. The van der Waals surface area contributed by atoms with Crippen LogP contribution in [-0.4, -0.2) is 11.7 Å². The average molecular weight is 358 g/mol. The maximum atomic E-state index is 12.4. The maximum absolute atomic E-state index is 12.4. The average Bonchev–Trinajstić information content (AvgIpc) is 2.42. The number of benzene rings is 2. The second-order valence-corrected chi connectivity index (χ2v) is 5.40. The van der Waals surface area contributed by atoms with E-state index in [0.717, 1.165) is 10.0 Å². The lowest BCUT2D eigenvalue weighted by Gasteiger charge is -2.13. The summed E-state index contributed by atoms with van der Waals surface area (Å²) in [4.78, 5) is 0. The van der Waals surface area contributed by atoms with Crippen LogP contribution < -0.4 is 10.1 Å². The van der Waals surface area contributed by atoms with Gasteiger partial charge in [-0.3, -0.25) is 0 Å². The van der Waals surface area contributed by atoms with E-state index in [1.807, 2.05) is 0 Å². The zero-order valence-electron chi connectivity index (χ0n) is 11.2. The molecule has 21 heavy (non-hydrogen) atoms. The summed E-state index contributed by atoms with van der Waals surface area (Å²) in [6.07, 6.45) is 0. The van der Waals surface area contributed by atoms with Crippen LogP contribution in [0.1, 0.15) is 11.1 Å². The van der Waals surface area contributed by atoms with Crippen molar-refractivity contribution in [3.8, 4) is 11.5 Å². The zero-order valence-corrected chi connectivity index (χ0v) is 12.8. The molecule has 0 fully saturated rings. The number of anilines is 1. The van der Waals surface area contributed by atoms with Gasteiger partial charge in [0.2, 0.25) is 0 Å². The molecule has 0 saturated heterocycles. The predicted molar refractivity (Wildman–Crippen MR) is 80.9 cm³/mol. The lowest BCUT2D eigenvalue weighted by Crippen LogP contribution is -2.07. The van der Waals surface area contributed by atoms with E-state index in [1.54, 1.807) is 37.3 Å². The molecule has 6 heteroatoms. The van der Waals surface area contributed by atoms with Crippen LogP contribution in [0, 0.1) is 6.92 Å². The molecule has 2 aromatic rings. The number of aromatic hydroxyl groups is 1. The molecule has 0 aliphatic carbocycles. The van der Waals surface area contributed by atoms with Crippen molar-refractivity contribution in [2.45, 2.75) is 20.1 Å². The van der Waals surface area contributed by atoms with Crippen molar-refractivity contribution in [1.82, 2.24) is 0 Å². The monoisotopic (exact) mass is 357 g/mol. The molecule has 2 N–H and O–H groups in total. The second kappa shape index (κ2) is 6.76. The first kappa shape index (κ1) is 15.6. The van der Waals surface area contributed by atoms with Gasteiger partial charge in [-0.05, 0) is 36.8 Å². The van der Waals surface area contributed by atoms with Gasteiger partial charge in [0.15, 0.2) is 0 Å². The van der Waals surface area contributed by atoms with Gasteiger partial charge in [0, 0.05) is 28.3 Å². The van der Waals surface area contributed by atoms with Gasteiger partial charge in [-0.2, -0.15) is 8.78 Å². The highest BCUT2D eigenvalue weighted by atomic mass is 79.9. The summed E-state index contributed by atoms with van der Waals surface area (Å²) >= 11 is 3.30. The molecular weight excluding hydrogens is 344 g/mol. The summed E-state index contributed by atoms with van der Waals surface area (Å²) in [5, 5.41) is 12.7. The molecule has 0 spiro atoms. The Kier molecular flexibility index (Phi) is 5.01. The van der Waals surface area contributed by atoms with E-state index in [9.17, 15) is 13.9 Å². The molecule has 0 unspecified atom stereocenters. The van der Waals surface area contributed by atoms with Crippen molar-refractivity contribution in [2.24, 2.45) is 0 Å². The molecule has 0 radical (unpaired) electrons. The first-order chi connectivity index (χ1) is 9.95. The molecule has 112 valence electrons. The van der Waals surface area contributed by atoms with Crippen LogP contribution >= 0.6 is 15.9 Å². The van der Waals surface area contributed by atoms with Crippen LogP contribution in [0.15, 0.2) is 40.9 Å². The van der Waals surface area contributed by atoms with E-state index in [4.69, 9.17) is 0 Å². The van der Waals surface area contributed by atoms with Crippen LogP contribution in [0.3, 0.4) is 0 Å². The normalized spacial score (nSPS) is 10.7. The molecule has 0 bridgehead atoms. The highest BCUT2D eigenvalue weighted by molar-refractivity contribution is 9.10. The third kappa shape index (κ3) is 4.32. The lowest BCUT2D eigenvalue weighted by molar-refractivity contribution is -0.0504. The third-order valence-electron chi connectivity index (χ3n) is 2.93. The van der Waals surface area contributed by atoms with Gasteiger partial charge >= 0.3 is 6.61 Å². The molecular formula is C15H14BrF2NO2. The molecule has 0 amide bonds. The molecule has 0 heterocycles. The number of alkyl halides is 2. The van der Waals surface area contributed by atoms with Crippen molar-refractivity contribution >= 4 is 21.6 Å². The summed E-state index contributed by atoms with van der Waals surface area (Å²) < 4.78 is 30.0. The summed E-state index contributed by atoms with van der Waals surface area (Å²) in [7, 11) is 0. The zero-order chi connectivity index (χ0) is 15.4. The lowest BCUT2D eigenvalue weighted by atomic mass is 10.1. The molecule has 0 atom stereocenters. The SMILES string of the molecule is Cc1ccc(NCc2cc(Br)ccc2OC(F)F)cc1O. The number of halogens is 3. The fraction of sp³-hybridized carbons (Fsp3) is 0.200. The van der Waals surface area contributed by atoms with Crippen molar-refractivity contribution in [1.29, 1.82) is 0 Å². The standard InChI is InChI=1S/C15H14BrF2NO2/c1-9-2-4-12(7-13(9)20)19-8-10-6-11(16)3-5-14(10)21-15(17)18/h2-7,15,19-20H,8H2,1H3. The number of nitrogens with one attached hydrogen (secondary N) is 1. The van der Waals surface area contributed by atoms with Crippen LogP contribution in [0.25, 0.3) is 0 Å². The molecule has 2 rings (SSSR count). The van der Waals surface area contributed by atoms with Crippen molar-refractivity contribution in [3.63, 3.8) is 0 Å². The number of ether oxygens (including phenoxy) is 1. The van der Waals surface area contributed by atoms with Gasteiger partial charge in [-0.25, -0.2) is 0 Å². The van der Waals surface area contributed by atoms with Crippen LogP contribution in [-0.2, 0) is 6.54 Å². The quantitative estimate of drug-likeness (QED) is 0.816. The summed E-state index contributed by atoms with van der Waals surface area (Å²) in [6.45, 7) is -0.778. The van der Waals surface area contributed by atoms with E-state index in [2.05, 4.69) is 26.0 Å². The molecule has 3 nitrogen and oxygen atoms in total. The summed E-state index contributed by atoms with van der Waals surface area (Å²) in [5.41, 5.74) is 2.05. The molecule has 0 aliphatic heterocycles. The Morgan fingerprint density at radius 2 is 2.00 bits per heavy atom. The Morgan fingerprint density at radius 3 is 2.67 bits per heavy atom. The van der Waals surface area contributed by atoms with E-state index in [0.29, 0.717) is 17.8 Å². The van der Waals surface area contributed by atoms with Crippen LogP contribution in [0.2, 0.25) is 0 Å². The molecule has 0 aromatic heterocycles. The van der Waals surface area contributed by atoms with Crippen molar-refractivity contribution in [2.75, 3.05) is 5.32 Å². The van der Waals surface area contributed by atoms with Gasteiger partial charge in [0.1, 0.15) is 11.5 Å². The predicted octanol–water partition coefficient (Wildman–Crippen LogP) is 4.68. The second-order valence-electron chi connectivity index (χ2n) is 4.49. The largest absolute Gasteiger partial charge is 0.508 e. The van der Waals surface area contributed by atoms with Gasteiger partial charge in [0.25, 0.3) is 0 Å². The van der Waals surface area contributed by atoms with E-state index in [1.165, 1.54) is 6.07 Å². The number of phenols is 1. The number of aryl methyl sites for hydroxylation is 1. The maximum Gasteiger partial charge on any atom is 0.387 e. The number of hydrogen-bond acceptors (Lipinski definition) is 3. The third-order valence-corrected chi connectivity index (χ3v) is 3.42. The highest BCUT2D eigenvalue weighted by Gasteiger charge is 2.10. The van der Waals surface area contributed by atoms with Gasteiger partial charge in [0.05, 0.1) is 0 Å². The van der Waals surface area contributed by atoms with Gasteiger partial charge in [-0.15, -0.1) is 0 Å². The van der Waals surface area contributed by atoms with Crippen molar-refractivity contribution in [3.05, 3.63) is 52.0 Å². The molecule has 0 aliphatic rings. The number of hydrogen-bond donors (Lipinski definition) is 2. The van der Waals surface area contributed by atoms with E-state index >= 15 is 0 Å². The Bertz CT molecular complexity index is 635. The molecule has 2 aromatic carbocycles. The summed E-state index contributed by atoms with van der Waals surface area (Å²) in [6, 6.07) is 9.99. The van der Waals surface area contributed by atoms with E-state index in [-0.39, 0.29) is 11.5 Å². The minimum Gasteiger partial charge on any atom is -0.508 e. The smallest absolute Gasteiger partial charge is 0.387 e. The van der Waals surface area contributed by atoms with Gasteiger partial charge in [-0.1, -0.05) is 22.0 Å². The minimum absolute atomic E-state index is 0.122. The number of phenolic OH excluding ortho intramolecular Hbond substituents is 1. The molecule has 0 saturated carbocycles. The first-order valence-electron chi connectivity index (χ1n) is 6.22. The minimum atomic E-state index is -2.87. The topological polar surface area (TPSA) is 41.5 Å². The van der Waals surface area contributed by atoms with Crippen LogP contribution in [0.4, 0.5) is 14.5 Å². The van der Waals surface area contributed by atoms with Gasteiger partial charge < -0.3 is 15.2 Å². The van der Waals surface area contributed by atoms with Crippen LogP contribution in [0.5, 0.6) is 11.5 Å². The number of rotatable bonds is 5. The Morgan fingerprint density at radius 1 is 1.24 bits per heavy atom. The fourth-order valence-corrected chi connectivity index (χ4v) is 2.22. The Labute approximate surface area is 129 Å². The highest BCUT2D eigenvalue weighted by Crippen LogP contribution is 2.27. The van der Waals surface area contributed by atoms with Crippen molar-refractivity contribution < 1.29 is 18.6 Å². The Balaban J connectivity index is 2.14. The fourth-order valence-electron chi connectivity index (χ4n) is 1.81. The first-order valence-corrected chi connectivity index (χ1v) is 7.02. The van der Waals surface area contributed by atoms with E-state index < -0.39 is 6.61 Å². The summed E-state index contributed by atoms with van der Waals surface area (Å²) in [5.74, 6) is 0.301.